The summed E-state index contributed by atoms with van der Waals surface area (Å²) >= 11 is 0. The molecule has 2 aromatic heterocycles. The molecule has 0 radical (unpaired) electrons. The molecule has 6 rings (SSSR count). The summed E-state index contributed by atoms with van der Waals surface area (Å²) in [4.78, 5) is 16.9. The second-order valence-electron chi connectivity index (χ2n) is 11.2. The van der Waals surface area contributed by atoms with Gasteiger partial charge in [0.1, 0.15) is 29.9 Å². The van der Waals surface area contributed by atoms with E-state index in [0.717, 1.165) is 23.1 Å². The summed E-state index contributed by atoms with van der Waals surface area (Å²) in [6, 6.07) is 25.7. The SMILES string of the molecule is COc1ccc(CCNc2nc(NC[C@@H]3O[C@H](CO)[C@@H](OCc4ccccc4)[C@@H]3OCc3ccccc3)nc3nc[nH]c23)cc1OC. The first-order valence-electron chi connectivity index (χ1n) is 15.6. The Bertz CT molecular complexity index is 1710. The largest absolute Gasteiger partial charge is 0.493 e. The van der Waals surface area contributed by atoms with Crippen molar-refractivity contribution in [2.24, 2.45) is 0 Å². The van der Waals surface area contributed by atoms with Gasteiger partial charge in [-0.05, 0) is 35.2 Å². The number of fused-ring (bicyclic) bond motifs is 1. The van der Waals surface area contributed by atoms with Crippen LogP contribution in [0.1, 0.15) is 16.7 Å². The molecular weight excluding hydrogens is 600 g/mol. The molecule has 12 nitrogen and oxygen atoms in total. The third kappa shape index (κ3) is 7.98. The number of H-pyrrole nitrogens is 1. The van der Waals surface area contributed by atoms with Gasteiger partial charge < -0.3 is 44.4 Å². The standard InChI is InChI=1S/C35H40N6O6/c1-43-26-14-13-23(17-27(26)44-2)15-16-36-33-30-34(39-22-38-30)41-35(40-33)37-18-28-31(45-20-24-9-5-3-6-10-24)32(29(19-42)47-28)46-21-25-11-7-4-8-12-25/h3-14,17,22,28-29,31-32,42H,15-16,18-21H2,1-2H3,(H3,36,37,38,39,40,41)/t28-,29+,31+,32+/m0/s1. The van der Waals surface area contributed by atoms with E-state index in [2.05, 4.69) is 25.6 Å². The summed E-state index contributed by atoms with van der Waals surface area (Å²) in [5, 5.41) is 17.0. The van der Waals surface area contributed by atoms with E-state index in [9.17, 15) is 5.11 Å². The van der Waals surface area contributed by atoms with Crippen molar-refractivity contribution in [3.63, 3.8) is 0 Å². The number of hydrogen-bond donors (Lipinski definition) is 4. The number of benzene rings is 3. The summed E-state index contributed by atoms with van der Waals surface area (Å²) in [5.74, 6) is 2.38. The van der Waals surface area contributed by atoms with Crippen LogP contribution in [0.4, 0.5) is 11.8 Å². The van der Waals surface area contributed by atoms with E-state index in [1.807, 2.05) is 78.9 Å². The van der Waals surface area contributed by atoms with E-state index in [-0.39, 0.29) is 6.61 Å². The van der Waals surface area contributed by atoms with E-state index >= 15 is 0 Å². The van der Waals surface area contributed by atoms with Crippen molar-refractivity contribution >= 4 is 22.9 Å². The van der Waals surface area contributed by atoms with Gasteiger partial charge in [0, 0.05) is 13.1 Å². The highest BCUT2D eigenvalue weighted by Gasteiger charge is 2.46. The van der Waals surface area contributed by atoms with Crippen molar-refractivity contribution in [1.29, 1.82) is 0 Å². The average Bonchev–Trinajstić information content (AvgIpc) is 3.74. The number of methoxy groups -OCH3 is 2. The first kappa shape index (κ1) is 32.2. The van der Waals surface area contributed by atoms with Crippen LogP contribution in [0.15, 0.2) is 85.2 Å². The average molecular weight is 641 g/mol. The van der Waals surface area contributed by atoms with Gasteiger partial charge in [0.2, 0.25) is 5.95 Å². The molecule has 3 heterocycles. The molecular formula is C35H40N6O6. The van der Waals surface area contributed by atoms with Crippen molar-refractivity contribution in [3.05, 3.63) is 102 Å². The van der Waals surface area contributed by atoms with Crippen LogP contribution in [0.5, 0.6) is 11.5 Å². The summed E-state index contributed by atoms with van der Waals surface area (Å²) in [6.07, 6.45) is 0.366. The highest BCUT2D eigenvalue weighted by molar-refractivity contribution is 5.83. The van der Waals surface area contributed by atoms with Gasteiger partial charge in [0.15, 0.2) is 23.0 Å². The molecule has 0 spiro atoms. The van der Waals surface area contributed by atoms with Gasteiger partial charge in [-0.25, -0.2) is 4.98 Å². The van der Waals surface area contributed by atoms with E-state index in [1.54, 1.807) is 20.5 Å². The van der Waals surface area contributed by atoms with E-state index < -0.39 is 24.4 Å². The first-order chi connectivity index (χ1) is 23.1. The van der Waals surface area contributed by atoms with Crippen LogP contribution >= 0.6 is 0 Å². The summed E-state index contributed by atoms with van der Waals surface area (Å²) < 4.78 is 29.9. The van der Waals surface area contributed by atoms with E-state index in [0.29, 0.717) is 60.7 Å². The zero-order valence-corrected chi connectivity index (χ0v) is 26.5. The molecule has 0 amide bonds. The Kier molecular flexibility index (Phi) is 10.8. The number of anilines is 2. The fraction of sp³-hybridized carbons (Fsp3) is 0.343. The molecule has 246 valence electrons. The van der Waals surface area contributed by atoms with Gasteiger partial charge in [-0.1, -0.05) is 66.7 Å². The van der Waals surface area contributed by atoms with Crippen molar-refractivity contribution < 1.29 is 28.8 Å². The first-order valence-corrected chi connectivity index (χ1v) is 15.6. The molecule has 0 aliphatic carbocycles. The Hall–Kier alpha value is -4.75. The minimum Gasteiger partial charge on any atom is -0.493 e. The highest BCUT2D eigenvalue weighted by atomic mass is 16.6. The number of aromatic amines is 1. The van der Waals surface area contributed by atoms with Gasteiger partial charge >= 0.3 is 0 Å². The predicted octanol–water partition coefficient (Wildman–Crippen LogP) is 4.37. The molecule has 1 aliphatic heterocycles. The van der Waals surface area contributed by atoms with Crippen LogP contribution in [0.25, 0.3) is 11.2 Å². The molecule has 4 atom stereocenters. The number of aromatic nitrogens is 4. The summed E-state index contributed by atoms with van der Waals surface area (Å²) in [7, 11) is 3.25. The van der Waals surface area contributed by atoms with Crippen LogP contribution in [-0.4, -0.2) is 83.4 Å². The number of ether oxygens (including phenoxy) is 5. The molecule has 5 aromatic rings. The molecule has 12 heteroatoms. The van der Waals surface area contributed by atoms with Crippen LogP contribution in [-0.2, 0) is 33.8 Å². The second kappa shape index (κ2) is 15.7. The quantitative estimate of drug-likeness (QED) is 0.122. The minimum atomic E-state index is -0.560. The lowest BCUT2D eigenvalue weighted by Crippen LogP contribution is -2.40. The van der Waals surface area contributed by atoms with Gasteiger partial charge in [0.25, 0.3) is 0 Å². The number of nitrogens with zero attached hydrogens (tertiary/aromatic N) is 3. The topological polar surface area (TPSA) is 145 Å². The lowest BCUT2D eigenvalue weighted by molar-refractivity contribution is -0.0829. The Morgan fingerprint density at radius 2 is 1.47 bits per heavy atom. The lowest BCUT2D eigenvalue weighted by Gasteiger charge is -2.25. The molecule has 1 fully saturated rings. The number of aliphatic hydroxyl groups excluding tert-OH is 1. The third-order valence-electron chi connectivity index (χ3n) is 8.06. The molecule has 1 saturated heterocycles. The number of rotatable bonds is 16. The molecule has 0 bridgehead atoms. The summed E-state index contributed by atoms with van der Waals surface area (Å²) in [5.41, 5.74) is 4.38. The zero-order chi connectivity index (χ0) is 32.4. The number of nitrogens with one attached hydrogen (secondary N) is 3. The van der Waals surface area contributed by atoms with E-state index in [1.165, 1.54) is 0 Å². The Morgan fingerprint density at radius 3 is 2.13 bits per heavy atom. The highest BCUT2D eigenvalue weighted by Crippen LogP contribution is 2.30. The van der Waals surface area contributed by atoms with Gasteiger partial charge in [-0.2, -0.15) is 9.97 Å². The molecule has 3 aromatic carbocycles. The Morgan fingerprint density at radius 1 is 0.787 bits per heavy atom. The molecule has 1 aliphatic rings. The Labute approximate surface area is 273 Å². The number of imidazole rings is 1. The van der Waals surface area contributed by atoms with Crippen molar-refractivity contribution in [1.82, 2.24) is 19.9 Å². The number of aliphatic hydroxyl groups is 1. The maximum absolute atomic E-state index is 10.3. The zero-order valence-electron chi connectivity index (χ0n) is 26.5. The fourth-order valence-electron chi connectivity index (χ4n) is 5.64. The van der Waals surface area contributed by atoms with E-state index in [4.69, 9.17) is 28.7 Å². The van der Waals surface area contributed by atoms with Gasteiger partial charge in [0.05, 0.1) is 40.4 Å². The predicted molar refractivity (Wildman–Crippen MR) is 178 cm³/mol. The Balaban J connectivity index is 1.14. The molecule has 0 saturated carbocycles. The third-order valence-corrected chi connectivity index (χ3v) is 8.06. The normalized spacial score (nSPS) is 19.1. The molecule has 0 unspecified atom stereocenters. The minimum absolute atomic E-state index is 0.203. The smallest absolute Gasteiger partial charge is 0.226 e. The molecule has 47 heavy (non-hydrogen) atoms. The molecule has 4 N–H and O–H groups in total. The van der Waals surface area contributed by atoms with Crippen molar-refractivity contribution in [2.45, 2.75) is 44.1 Å². The maximum atomic E-state index is 10.3. The van der Waals surface area contributed by atoms with Crippen LogP contribution in [0.2, 0.25) is 0 Å². The fourth-order valence-corrected chi connectivity index (χ4v) is 5.64. The summed E-state index contributed by atoms with van der Waals surface area (Å²) in [6.45, 7) is 1.47. The van der Waals surface area contributed by atoms with Crippen LogP contribution in [0.3, 0.4) is 0 Å². The number of hydrogen-bond acceptors (Lipinski definition) is 11. The van der Waals surface area contributed by atoms with Gasteiger partial charge in [-0.15, -0.1) is 0 Å². The second-order valence-corrected chi connectivity index (χ2v) is 11.2. The lowest BCUT2D eigenvalue weighted by atomic mass is 10.1. The monoisotopic (exact) mass is 640 g/mol. The van der Waals surface area contributed by atoms with Crippen molar-refractivity contribution in [3.8, 4) is 11.5 Å². The van der Waals surface area contributed by atoms with Gasteiger partial charge in [-0.3, -0.25) is 0 Å². The maximum Gasteiger partial charge on any atom is 0.226 e. The van der Waals surface area contributed by atoms with Crippen molar-refractivity contribution in [2.75, 3.05) is 44.5 Å². The van der Waals surface area contributed by atoms with Crippen LogP contribution < -0.4 is 20.1 Å². The van der Waals surface area contributed by atoms with Crippen LogP contribution in [0, 0.1) is 0 Å².